The molecule has 1 rings (SSSR count). The highest BCUT2D eigenvalue weighted by molar-refractivity contribution is 5.07. The predicted octanol–water partition coefficient (Wildman–Crippen LogP) is 2.38. The number of aromatic nitrogens is 2. The van der Waals surface area contributed by atoms with Crippen LogP contribution in [0.15, 0.2) is 12.4 Å². The van der Waals surface area contributed by atoms with E-state index in [9.17, 15) is 0 Å². The van der Waals surface area contributed by atoms with Gasteiger partial charge in [0.15, 0.2) is 0 Å². The van der Waals surface area contributed by atoms with Crippen molar-refractivity contribution < 1.29 is 0 Å². The molecule has 0 saturated carbocycles. The zero-order valence-corrected chi connectivity index (χ0v) is 11.1. The fourth-order valence-electron chi connectivity index (χ4n) is 1.94. The molecule has 1 aromatic heterocycles. The zero-order valence-electron chi connectivity index (χ0n) is 11.1. The van der Waals surface area contributed by atoms with E-state index in [-0.39, 0.29) is 0 Å². The van der Waals surface area contributed by atoms with Crippen molar-refractivity contribution in [3.05, 3.63) is 18.0 Å². The molecule has 92 valence electrons. The van der Waals surface area contributed by atoms with E-state index in [1.807, 2.05) is 17.9 Å². The fraction of sp³-hybridized carbons (Fsp3) is 0.769. The van der Waals surface area contributed by atoms with E-state index in [1.54, 1.807) is 0 Å². The minimum absolute atomic E-state index is 0.345. The quantitative estimate of drug-likeness (QED) is 0.719. The van der Waals surface area contributed by atoms with E-state index in [4.69, 9.17) is 0 Å². The van der Waals surface area contributed by atoms with Crippen molar-refractivity contribution in [2.24, 2.45) is 12.5 Å². The summed E-state index contributed by atoms with van der Waals surface area (Å²) < 4.78 is 1.88. The summed E-state index contributed by atoms with van der Waals surface area (Å²) in [4.78, 5) is 0. The molecular weight excluding hydrogens is 198 g/mol. The van der Waals surface area contributed by atoms with Gasteiger partial charge in [-0.25, -0.2) is 0 Å². The lowest BCUT2D eigenvalue weighted by Crippen LogP contribution is -2.33. The van der Waals surface area contributed by atoms with Gasteiger partial charge in [0.05, 0.1) is 6.20 Å². The van der Waals surface area contributed by atoms with E-state index in [1.165, 1.54) is 18.4 Å². The molecule has 1 unspecified atom stereocenters. The molecule has 3 nitrogen and oxygen atoms in total. The van der Waals surface area contributed by atoms with Crippen LogP contribution in [0.1, 0.15) is 39.2 Å². The van der Waals surface area contributed by atoms with Crippen LogP contribution in [-0.2, 0) is 13.5 Å². The molecule has 1 heterocycles. The first-order chi connectivity index (χ1) is 7.59. The lowest BCUT2D eigenvalue weighted by Gasteiger charge is -2.28. The Bertz CT molecular complexity index is 306. The van der Waals surface area contributed by atoms with E-state index in [2.05, 4.69) is 37.4 Å². The number of hydrogen-bond donors (Lipinski definition) is 1. The number of hydrogen-bond acceptors (Lipinski definition) is 2. The molecule has 0 aliphatic rings. The molecule has 0 spiro atoms. The third-order valence-electron chi connectivity index (χ3n) is 3.22. The van der Waals surface area contributed by atoms with Crippen LogP contribution in [0.4, 0.5) is 0 Å². The lowest BCUT2D eigenvalue weighted by molar-refractivity contribution is 0.291. The molecule has 0 bridgehead atoms. The van der Waals surface area contributed by atoms with E-state index in [0.717, 1.165) is 19.5 Å². The third-order valence-corrected chi connectivity index (χ3v) is 3.22. The van der Waals surface area contributed by atoms with Gasteiger partial charge >= 0.3 is 0 Å². The van der Waals surface area contributed by atoms with Crippen molar-refractivity contribution in [3.63, 3.8) is 0 Å². The van der Waals surface area contributed by atoms with Crippen molar-refractivity contribution >= 4 is 0 Å². The first kappa shape index (κ1) is 13.2. The molecule has 16 heavy (non-hydrogen) atoms. The molecule has 0 saturated heterocycles. The van der Waals surface area contributed by atoms with Crippen molar-refractivity contribution in [1.29, 1.82) is 0 Å². The van der Waals surface area contributed by atoms with E-state index in [0.29, 0.717) is 5.41 Å². The number of nitrogens with one attached hydrogen (secondary N) is 1. The Kier molecular flexibility index (Phi) is 5.00. The van der Waals surface area contributed by atoms with Gasteiger partial charge in [-0.1, -0.05) is 20.8 Å². The second kappa shape index (κ2) is 6.04. The molecule has 0 radical (unpaired) electrons. The summed E-state index contributed by atoms with van der Waals surface area (Å²) in [6.07, 6.45) is 7.60. The van der Waals surface area contributed by atoms with Gasteiger partial charge in [0.1, 0.15) is 0 Å². The van der Waals surface area contributed by atoms with E-state index >= 15 is 0 Å². The summed E-state index contributed by atoms with van der Waals surface area (Å²) in [5.41, 5.74) is 1.68. The molecule has 0 aliphatic heterocycles. The van der Waals surface area contributed by atoms with Crippen LogP contribution in [0.2, 0.25) is 0 Å². The molecule has 0 aromatic carbocycles. The molecule has 0 amide bonds. The van der Waals surface area contributed by atoms with Crippen LogP contribution >= 0.6 is 0 Å². The Hall–Kier alpha value is -0.830. The SMILES string of the molecule is CCCNCC(C)(CC)Cc1cnn(C)c1. The average Bonchev–Trinajstić information content (AvgIpc) is 2.64. The van der Waals surface area contributed by atoms with Gasteiger partial charge in [-0.05, 0) is 36.8 Å². The summed E-state index contributed by atoms with van der Waals surface area (Å²) in [6.45, 7) is 9.03. The Morgan fingerprint density at radius 2 is 2.19 bits per heavy atom. The van der Waals surface area contributed by atoms with Crippen LogP contribution in [0.3, 0.4) is 0 Å². The topological polar surface area (TPSA) is 29.9 Å². The number of rotatable bonds is 7. The van der Waals surface area contributed by atoms with Gasteiger partial charge in [0.2, 0.25) is 0 Å². The maximum Gasteiger partial charge on any atom is 0.0521 e. The Labute approximate surface area is 99.2 Å². The molecule has 3 heteroatoms. The Morgan fingerprint density at radius 3 is 2.69 bits per heavy atom. The summed E-state index contributed by atoms with van der Waals surface area (Å²) in [5, 5.41) is 7.75. The van der Waals surface area contributed by atoms with Gasteiger partial charge < -0.3 is 5.32 Å². The largest absolute Gasteiger partial charge is 0.316 e. The molecular formula is C13H25N3. The highest BCUT2D eigenvalue weighted by atomic mass is 15.2. The van der Waals surface area contributed by atoms with Crippen LogP contribution < -0.4 is 5.32 Å². The second-order valence-corrected chi connectivity index (χ2v) is 5.04. The van der Waals surface area contributed by atoms with E-state index < -0.39 is 0 Å². The van der Waals surface area contributed by atoms with Gasteiger partial charge in [-0.3, -0.25) is 4.68 Å². The zero-order chi connectivity index (χ0) is 12.0. The molecule has 1 N–H and O–H groups in total. The van der Waals surface area contributed by atoms with Crippen LogP contribution in [-0.4, -0.2) is 22.9 Å². The summed E-state index contributed by atoms with van der Waals surface area (Å²) in [5.74, 6) is 0. The monoisotopic (exact) mass is 223 g/mol. The average molecular weight is 223 g/mol. The second-order valence-electron chi connectivity index (χ2n) is 5.04. The first-order valence-electron chi connectivity index (χ1n) is 6.28. The summed E-state index contributed by atoms with van der Waals surface area (Å²) in [7, 11) is 1.97. The minimum Gasteiger partial charge on any atom is -0.316 e. The molecule has 1 atom stereocenters. The number of aryl methyl sites for hydroxylation is 1. The molecule has 0 aliphatic carbocycles. The van der Waals surface area contributed by atoms with Crippen molar-refractivity contribution in [2.75, 3.05) is 13.1 Å². The van der Waals surface area contributed by atoms with Gasteiger partial charge in [0, 0.05) is 19.8 Å². The van der Waals surface area contributed by atoms with Crippen LogP contribution in [0.5, 0.6) is 0 Å². The maximum atomic E-state index is 4.23. The van der Waals surface area contributed by atoms with Crippen molar-refractivity contribution in [3.8, 4) is 0 Å². The Balaban J connectivity index is 2.51. The van der Waals surface area contributed by atoms with Gasteiger partial charge in [-0.2, -0.15) is 5.10 Å². The normalized spacial score (nSPS) is 15.0. The van der Waals surface area contributed by atoms with Crippen molar-refractivity contribution in [1.82, 2.24) is 15.1 Å². The number of nitrogens with zero attached hydrogens (tertiary/aromatic N) is 2. The molecule has 0 fully saturated rings. The third kappa shape index (κ3) is 3.97. The van der Waals surface area contributed by atoms with Crippen LogP contribution in [0, 0.1) is 5.41 Å². The van der Waals surface area contributed by atoms with Crippen LogP contribution in [0.25, 0.3) is 0 Å². The summed E-state index contributed by atoms with van der Waals surface area (Å²) >= 11 is 0. The van der Waals surface area contributed by atoms with Crippen molar-refractivity contribution in [2.45, 2.75) is 40.0 Å². The molecule has 1 aromatic rings. The highest BCUT2D eigenvalue weighted by Gasteiger charge is 2.22. The highest BCUT2D eigenvalue weighted by Crippen LogP contribution is 2.25. The standard InChI is InChI=1S/C13H25N3/c1-5-7-14-11-13(3,6-2)8-12-9-15-16(4)10-12/h9-10,14H,5-8,11H2,1-4H3. The van der Waals surface area contributed by atoms with Gasteiger partial charge in [0.25, 0.3) is 0 Å². The lowest BCUT2D eigenvalue weighted by atomic mass is 9.82. The smallest absolute Gasteiger partial charge is 0.0521 e. The fourth-order valence-corrected chi connectivity index (χ4v) is 1.94. The predicted molar refractivity (Wildman–Crippen MR) is 68.5 cm³/mol. The summed E-state index contributed by atoms with van der Waals surface area (Å²) in [6, 6.07) is 0. The first-order valence-corrected chi connectivity index (χ1v) is 6.28. The minimum atomic E-state index is 0.345. The van der Waals surface area contributed by atoms with Gasteiger partial charge in [-0.15, -0.1) is 0 Å². The Morgan fingerprint density at radius 1 is 1.44 bits per heavy atom. The maximum absolute atomic E-state index is 4.23.